The minimum atomic E-state index is -0.745. The molecule has 0 aliphatic carbocycles. The number of aliphatic hydroxyl groups is 5. The third kappa shape index (κ3) is 25.0. The van der Waals surface area contributed by atoms with Gasteiger partial charge in [-0.2, -0.15) is 0 Å². The van der Waals surface area contributed by atoms with Gasteiger partial charge >= 0.3 is 0 Å². The molecule has 0 spiro atoms. The summed E-state index contributed by atoms with van der Waals surface area (Å²) in [5, 5.41) is 41.3. The van der Waals surface area contributed by atoms with Crippen LogP contribution in [0.25, 0.3) is 0 Å². The molecule has 2 atom stereocenters. The number of hydrogen-bond acceptors (Lipinski definition) is 5. The molecule has 0 aliphatic rings. The van der Waals surface area contributed by atoms with Gasteiger partial charge in [0.25, 0.3) is 0 Å². The summed E-state index contributed by atoms with van der Waals surface area (Å²) in [6.07, 6.45) is 0.220. The Morgan fingerprint density at radius 2 is 1.25 bits per heavy atom. The van der Waals surface area contributed by atoms with E-state index in [1.54, 1.807) is 0 Å². The van der Waals surface area contributed by atoms with E-state index in [0.29, 0.717) is 6.42 Å². The summed E-state index contributed by atoms with van der Waals surface area (Å²) in [7, 11) is 0. The van der Waals surface area contributed by atoms with E-state index >= 15 is 0 Å². The summed E-state index contributed by atoms with van der Waals surface area (Å²) >= 11 is 0. The van der Waals surface area contributed by atoms with Gasteiger partial charge < -0.3 is 25.5 Å². The van der Waals surface area contributed by atoms with Gasteiger partial charge in [0.05, 0.1) is 12.7 Å². The van der Waals surface area contributed by atoms with Crippen LogP contribution in [0.2, 0.25) is 0 Å². The Labute approximate surface area is 147 Å². The molecule has 0 fully saturated rings. The van der Waals surface area contributed by atoms with Crippen LogP contribution in [-0.2, 0) is 65.4 Å². The Morgan fingerprint density at radius 1 is 0.812 bits per heavy atom. The molecule has 0 saturated heterocycles. The molecule has 5 N–H and O–H groups in total. The monoisotopic (exact) mass is 388 g/mol. The van der Waals surface area contributed by atoms with Crippen molar-refractivity contribution >= 4 is 0 Å². The molecule has 0 aromatic heterocycles. The zero-order chi connectivity index (χ0) is 11.4. The molecule has 0 aromatic carbocycles. The first-order valence-electron chi connectivity index (χ1n) is 4.73. The van der Waals surface area contributed by atoms with Gasteiger partial charge in [0.2, 0.25) is 0 Å². The van der Waals surface area contributed by atoms with Gasteiger partial charge in [0.15, 0.2) is 0 Å². The minimum Gasteiger partial charge on any atom is -0.396 e. The third-order valence-corrected chi connectivity index (χ3v) is 1.61. The van der Waals surface area contributed by atoms with Crippen LogP contribution < -0.4 is 0 Å². The summed E-state index contributed by atoms with van der Waals surface area (Å²) in [6, 6.07) is 0. The Balaban J connectivity index is -0.0000000800. The molecule has 0 aromatic rings. The fraction of sp³-hybridized carbons (Fsp3) is 1.00. The van der Waals surface area contributed by atoms with Gasteiger partial charge in [-0.15, -0.1) is 0 Å². The fourth-order valence-electron chi connectivity index (χ4n) is 0.552. The second kappa shape index (κ2) is 22.2. The molecule has 0 saturated carbocycles. The molecule has 5 nitrogen and oxygen atoms in total. The zero-order valence-corrected chi connectivity index (χ0v) is 15.5. The molecule has 0 bridgehead atoms. The quantitative estimate of drug-likeness (QED) is 0.390. The normalized spacial score (nSPS) is 12.4. The van der Waals surface area contributed by atoms with E-state index in [1.165, 1.54) is 0 Å². The summed E-state index contributed by atoms with van der Waals surface area (Å²) in [5.74, 6) is 0.255. The second-order valence-electron chi connectivity index (χ2n) is 3.15. The van der Waals surface area contributed by atoms with Crippen molar-refractivity contribution < 1.29 is 91.0 Å². The zero-order valence-electron chi connectivity index (χ0n) is 9.79. The molecule has 0 rings (SSSR count). The van der Waals surface area contributed by atoms with Crippen LogP contribution in [0.3, 0.4) is 0 Å². The van der Waals surface area contributed by atoms with Crippen LogP contribution in [0.1, 0.15) is 19.8 Å². The van der Waals surface area contributed by atoms with Gasteiger partial charge in [-0.3, -0.25) is 0 Å². The average Bonchev–Trinajstić information content (AvgIpc) is 2.19. The standard InChI is InChI=1S/C5H12O2.C4H10O3.2Y/c1-5(4-7)2-3-6;5-2-1-4(7)3-6;;/h5-7H,2-4H2,1H3;4-7H,1-3H2;;. The Kier molecular flexibility index (Phi) is 36.9. The van der Waals surface area contributed by atoms with Crippen molar-refractivity contribution in [2.24, 2.45) is 5.92 Å². The number of rotatable bonds is 6. The fourth-order valence-corrected chi connectivity index (χ4v) is 0.552. The first-order valence-corrected chi connectivity index (χ1v) is 4.73. The largest absolute Gasteiger partial charge is 0.396 e. The van der Waals surface area contributed by atoms with Crippen molar-refractivity contribution in [3.05, 3.63) is 0 Å². The van der Waals surface area contributed by atoms with E-state index in [0.717, 1.165) is 0 Å². The molecule has 7 heteroatoms. The van der Waals surface area contributed by atoms with Crippen molar-refractivity contribution in [3.8, 4) is 0 Å². The van der Waals surface area contributed by atoms with Crippen molar-refractivity contribution in [1.82, 2.24) is 0 Å². The van der Waals surface area contributed by atoms with Gasteiger partial charge in [-0.05, 0) is 18.8 Å². The maximum absolute atomic E-state index is 8.45. The average molecular weight is 388 g/mol. The van der Waals surface area contributed by atoms with E-state index in [-0.39, 0.29) is 104 Å². The summed E-state index contributed by atoms with van der Waals surface area (Å²) in [6.45, 7) is 1.93. The van der Waals surface area contributed by atoms with Crippen LogP contribution in [0.15, 0.2) is 0 Å². The predicted octanol–water partition coefficient (Wildman–Crippen LogP) is -1.29. The van der Waals surface area contributed by atoms with Crippen LogP contribution in [0, 0.1) is 5.92 Å². The number of hydrogen-bond donors (Lipinski definition) is 5. The summed E-state index contributed by atoms with van der Waals surface area (Å²) < 4.78 is 0. The van der Waals surface area contributed by atoms with Gasteiger partial charge in [-0.25, -0.2) is 0 Å². The number of aliphatic hydroxyl groups excluding tert-OH is 5. The van der Waals surface area contributed by atoms with E-state index < -0.39 is 6.10 Å². The van der Waals surface area contributed by atoms with E-state index in [9.17, 15) is 0 Å². The first-order chi connectivity index (χ1) is 6.62. The molecule has 94 valence electrons. The van der Waals surface area contributed by atoms with Crippen molar-refractivity contribution in [2.45, 2.75) is 25.9 Å². The summed E-state index contributed by atoms with van der Waals surface area (Å²) in [4.78, 5) is 0. The van der Waals surface area contributed by atoms with E-state index in [4.69, 9.17) is 25.5 Å². The van der Waals surface area contributed by atoms with E-state index in [2.05, 4.69) is 0 Å². The SMILES string of the molecule is CC(CO)CCO.OCCC(O)CO.[Y].[Y]. The second-order valence-corrected chi connectivity index (χ2v) is 3.15. The molecule has 2 unspecified atom stereocenters. The van der Waals surface area contributed by atoms with Crippen LogP contribution >= 0.6 is 0 Å². The third-order valence-electron chi connectivity index (χ3n) is 1.61. The maximum Gasteiger partial charge on any atom is 0.0792 e. The van der Waals surface area contributed by atoms with Crippen LogP contribution in [-0.4, -0.2) is 58.1 Å². The Morgan fingerprint density at radius 3 is 1.38 bits per heavy atom. The van der Waals surface area contributed by atoms with Crippen LogP contribution in [0.5, 0.6) is 0 Å². The molecule has 0 aliphatic heterocycles. The molecular weight excluding hydrogens is 366 g/mol. The first kappa shape index (κ1) is 26.5. The van der Waals surface area contributed by atoms with Crippen molar-refractivity contribution in [2.75, 3.05) is 26.4 Å². The van der Waals surface area contributed by atoms with Crippen molar-refractivity contribution in [1.29, 1.82) is 0 Å². The van der Waals surface area contributed by atoms with Crippen LogP contribution in [0.4, 0.5) is 0 Å². The van der Waals surface area contributed by atoms with Gasteiger partial charge in [0, 0.05) is 85.2 Å². The topological polar surface area (TPSA) is 101 Å². The minimum absolute atomic E-state index is 0. The molecule has 16 heavy (non-hydrogen) atoms. The molecular formula is C9H22O5Y2. The maximum atomic E-state index is 8.45. The Bertz CT molecular complexity index is 95.9. The Hall–Kier alpha value is 2.01. The summed E-state index contributed by atoms with van der Waals surface area (Å²) in [5.41, 5.74) is 0. The molecule has 0 amide bonds. The van der Waals surface area contributed by atoms with E-state index in [1.807, 2.05) is 6.92 Å². The van der Waals surface area contributed by atoms with Gasteiger partial charge in [0.1, 0.15) is 0 Å². The molecule has 0 heterocycles. The van der Waals surface area contributed by atoms with Gasteiger partial charge in [-0.1, -0.05) is 6.92 Å². The molecule has 2 radical (unpaired) electrons. The predicted molar refractivity (Wildman–Crippen MR) is 52.7 cm³/mol. The smallest absolute Gasteiger partial charge is 0.0792 e. The van der Waals surface area contributed by atoms with Crippen molar-refractivity contribution in [3.63, 3.8) is 0 Å².